The molecule has 0 aliphatic heterocycles. The molecule has 0 spiro atoms. The molecule has 3 rings (SSSR count). The molecule has 0 radical (unpaired) electrons. The minimum Gasteiger partial charge on any atom is -0.471 e. The molecule has 0 fully saturated rings. The van der Waals surface area contributed by atoms with Gasteiger partial charge in [0.25, 0.3) is 11.6 Å². The molecule has 0 saturated heterocycles. The number of rotatable bonds is 6. The van der Waals surface area contributed by atoms with E-state index in [0.717, 1.165) is 11.6 Å². The Hall–Kier alpha value is -4.19. The number of carbonyl (C=O) groups excluding carboxylic acids is 1. The van der Waals surface area contributed by atoms with Gasteiger partial charge in [-0.05, 0) is 30.7 Å². The van der Waals surface area contributed by atoms with Gasteiger partial charge in [0.15, 0.2) is 12.4 Å². The van der Waals surface area contributed by atoms with Gasteiger partial charge >= 0.3 is 0 Å². The van der Waals surface area contributed by atoms with Crippen LogP contribution in [0.5, 0.6) is 5.75 Å². The van der Waals surface area contributed by atoms with Crippen molar-refractivity contribution in [2.45, 2.75) is 13.7 Å². The largest absolute Gasteiger partial charge is 0.471 e. The zero-order valence-corrected chi connectivity index (χ0v) is 14.8. The number of hydrogen-bond donors (Lipinski definition) is 1. The molecule has 140 valence electrons. The van der Waals surface area contributed by atoms with Crippen LogP contribution in [0.2, 0.25) is 0 Å². The van der Waals surface area contributed by atoms with Crippen molar-refractivity contribution in [3.63, 3.8) is 0 Å². The van der Waals surface area contributed by atoms with Crippen LogP contribution < -0.4 is 10.1 Å². The van der Waals surface area contributed by atoms with Crippen molar-refractivity contribution in [2.75, 3.05) is 5.32 Å². The Morgan fingerprint density at radius 3 is 2.82 bits per heavy atom. The molecule has 3 aromatic rings. The fourth-order valence-corrected chi connectivity index (χ4v) is 2.44. The second-order valence-electron chi connectivity index (χ2n) is 5.83. The number of hydrogen-bond acceptors (Lipinski definition) is 6. The Morgan fingerprint density at radius 2 is 2.11 bits per heavy atom. The van der Waals surface area contributed by atoms with Gasteiger partial charge < -0.3 is 10.1 Å². The summed E-state index contributed by atoms with van der Waals surface area (Å²) < 4.78 is 7.13. The van der Waals surface area contributed by atoms with E-state index in [1.807, 2.05) is 37.3 Å². The number of aromatic nitrogens is 2. The minimum atomic E-state index is -0.609. The number of nitro benzene ring substituents is 1. The van der Waals surface area contributed by atoms with Crippen LogP contribution in [-0.4, -0.2) is 20.6 Å². The summed E-state index contributed by atoms with van der Waals surface area (Å²) in [5.41, 5.74) is 1.03. The van der Waals surface area contributed by atoms with Crippen molar-refractivity contribution in [1.82, 2.24) is 9.78 Å². The first-order valence-corrected chi connectivity index (χ1v) is 8.19. The van der Waals surface area contributed by atoms with E-state index in [9.17, 15) is 14.9 Å². The number of aryl methyl sites for hydroxylation is 1. The number of anilines is 1. The maximum absolute atomic E-state index is 12.4. The molecule has 1 N–H and O–H groups in total. The summed E-state index contributed by atoms with van der Waals surface area (Å²) in [6, 6.07) is 14.5. The van der Waals surface area contributed by atoms with Crippen molar-refractivity contribution < 1.29 is 14.5 Å². The highest BCUT2D eigenvalue weighted by molar-refractivity contribution is 6.03. The van der Waals surface area contributed by atoms with Gasteiger partial charge in [-0.25, -0.2) is 4.68 Å². The Kier molecular flexibility index (Phi) is 5.32. The summed E-state index contributed by atoms with van der Waals surface area (Å²) >= 11 is 0. The number of ether oxygens (including phenoxy) is 1. The van der Waals surface area contributed by atoms with Crippen LogP contribution in [0, 0.1) is 28.4 Å². The van der Waals surface area contributed by atoms with Gasteiger partial charge in [0, 0.05) is 18.3 Å². The summed E-state index contributed by atoms with van der Waals surface area (Å²) in [6.07, 6.45) is 1.59. The highest BCUT2D eigenvalue weighted by atomic mass is 16.6. The summed E-state index contributed by atoms with van der Waals surface area (Å²) in [4.78, 5) is 22.6. The average Bonchev–Trinajstić information content (AvgIpc) is 3.16. The lowest BCUT2D eigenvalue weighted by molar-refractivity contribution is -0.384. The number of benzene rings is 2. The van der Waals surface area contributed by atoms with E-state index in [1.165, 1.54) is 22.9 Å². The number of nitrogens with one attached hydrogen (secondary N) is 1. The molecule has 1 heterocycles. The van der Waals surface area contributed by atoms with Crippen LogP contribution in [0.25, 0.3) is 0 Å². The summed E-state index contributed by atoms with van der Waals surface area (Å²) in [6.45, 7) is 2.05. The standard InChI is InChI=1S/C19H15N5O4/c1-13-4-2-3-5-18(13)28-12-23-9-8-17(22-23)19(25)21-16-7-6-15(24(26)27)10-14(16)11-20/h2-10H,12H2,1H3,(H,21,25). The van der Waals surface area contributed by atoms with Crippen LogP contribution in [-0.2, 0) is 6.73 Å². The lowest BCUT2D eigenvalue weighted by atomic mass is 10.1. The Labute approximate surface area is 159 Å². The molecule has 0 saturated carbocycles. The van der Waals surface area contributed by atoms with Gasteiger partial charge in [0.05, 0.1) is 16.2 Å². The minimum absolute atomic E-state index is 0.00938. The van der Waals surface area contributed by atoms with Crippen molar-refractivity contribution in [2.24, 2.45) is 0 Å². The van der Waals surface area contributed by atoms with Crippen molar-refractivity contribution in [3.05, 3.63) is 81.7 Å². The average molecular weight is 377 g/mol. The van der Waals surface area contributed by atoms with Crippen LogP contribution in [0.15, 0.2) is 54.7 Å². The van der Waals surface area contributed by atoms with Gasteiger partial charge in [-0.2, -0.15) is 10.4 Å². The van der Waals surface area contributed by atoms with Crippen LogP contribution in [0.1, 0.15) is 21.6 Å². The van der Waals surface area contributed by atoms with Crippen molar-refractivity contribution in [3.8, 4) is 11.8 Å². The molecule has 0 bridgehead atoms. The predicted octanol–water partition coefficient (Wildman–Crippen LogP) is 3.26. The molecule has 9 nitrogen and oxygen atoms in total. The highest BCUT2D eigenvalue weighted by Gasteiger charge is 2.15. The van der Waals surface area contributed by atoms with E-state index >= 15 is 0 Å². The molecule has 0 aliphatic carbocycles. The van der Waals surface area contributed by atoms with Crippen molar-refractivity contribution in [1.29, 1.82) is 5.26 Å². The first-order chi connectivity index (χ1) is 13.5. The molecule has 1 aromatic heterocycles. The number of carbonyl (C=O) groups is 1. The fourth-order valence-electron chi connectivity index (χ4n) is 2.44. The predicted molar refractivity (Wildman–Crippen MR) is 99.8 cm³/mol. The Morgan fingerprint density at radius 1 is 1.32 bits per heavy atom. The SMILES string of the molecule is Cc1ccccc1OCn1ccc(C(=O)Nc2ccc([N+](=O)[O-])cc2C#N)n1. The zero-order valence-electron chi connectivity index (χ0n) is 14.8. The summed E-state index contributed by atoms with van der Waals surface area (Å²) in [5.74, 6) is 0.175. The second-order valence-corrected chi connectivity index (χ2v) is 5.83. The first kappa shape index (κ1) is 18.6. The topological polar surface area (TPSA) is 123 Å². The van der Waals surface area contributed by atoms with Gasteiger partial charge in [-0.3, -0.25) is 14.9 Å². The monoisotopic (exact) mass is 377 g/mol. The Bertz CT molecular complexity index is 1080. The molecular formula is C19H15N5O4. The van der Waals surface area contributed by atoms with Crippen molar-refractivity contribution >= 4 is 17.3 Å². The second kappa shape index (κ2) is 8.01. The van der Waals surface area contributed by atoms with E-state index in [4.69, 9.17) is 10.00 Å². The third kappa shape index (κ3) is 4.13. The van der Waals surface area contributed by atoms with Gasteiger partial charge in [-0.15, -0.1) is 0 Å². The maximum Gasteiger partial charge on any atom is 0.276 e. The van der Waals surface area contributed by atoms with Gasteiger partial charge in [0.2, 0.25) is 0 Å². The van der Waals surface area contributed by atoms with Crippen LogP contribution in [0.3, 0.4) is 0 Å². The zero-order chi connectivity index (χ0) is 20.1. The Balaban J connectivity index is 1.68. The van der Waals surface area contributed by atoms with E-state index in [-0.39, 0.29) is 29.4 Å². The number of para-hydroxylation sites is 1. The third-order valence-electron chi connectivity index (χ3n) is 3.90. The summed E-state index contributed by atoms with van der Waals surface area (Å²) in [5, 5.41) is 26.6. The fraction of sp³-hybridized carbons (Fsp3) is 0.105. The van der Waals surface area contributed by atoms with E-state index in [1.54, 1.807) is 6.20 Å². The maximum atomic E-state index is 12.4. The molecule has 1 amide bonds. The molecule has 0 aliphatic rings. The molecule has 28 heavy (non-hydrogen) atoms. The van der Waals surface area contributed by atoms with E-state index in [2.05, 4.69) is 10.4 Å². The summed E-state index contributed by atoms with van der Waals surface area (Å²) in [7, 11) is 0. The molecular weight excluding hydrogens is 362 g/mol. The number of nitriles is 1. The first-order valence-electron chi connectivity index (χ1n) is 8.19. The van der Waals surface area contributed by atoms with Gasteiger partial charge in [-0.1, -0.05) is 18.2 Å². The van der Waals surface area contributed by atoms with E-state index in [0.29, 0.717) is 5.75 Å². The number of non-ortho nitro benzene ring substituents is 1. The lowest BCUT2D eigenvalue weighted by Crippen LogP contribution is -2.15. The smallest absolute Gasteiger partial charge is 0.276 e. The van der Waals surface area contributed by atoms with Crippen LogP contribution in [0.4, 0.5) is 11.4 Å². The quantitative estimate of drug-likeness (QED) is 0.519. The molecule has 0 atom stereocenters. The number of amides is 1. The number of nitro groups is 1. The molecule has 0 unspecified atom stereocenters. The molecule has 9 heteroatoms. The normalized spacial score (nSPS) is 10.1. The lowest BCUT2D eigenvalue weighted by Gasteiger charge is -2.08. The third-order valence-corrected chi connectivity index (χ3v) is 3.90. The molecule has 2 aromatic carbocycles. The van der Waals surface area contributed by atoms with Crippen LogP contribution >= 0.6 is 0 Å². The number of nitrogens with zero attached hydrogens (tertiary/aromatic N) is 4. The van der Waals surface area contributed by atoms with E-state index < -0.39 is 10.8 Å². The highest BCUT2D eigenvalue weighted by Crippen LogP contribution is 2.22. The van der Waals surface area contributed by atoms with Gasteiger partial charge in [0.1, 0.15) is 11.8 Å².